The Morgan fingerprint density at radius 2 is 2.32 bits per heavy atom. The summed E-state index contributed by atoms with van der Waals surface area (Å²) < 4.78 is 5.76. The molecular weight excluding hydrogens is 372 g/mol. The highest BCUT2D eigenvalue weighted by atomic mass is 32.1. The van der Waals surface area contributed by atoms with E-state index in [2.05, 4.69) is 32.3 Å². The molecule has 6 nitrogen and oxygen atoms in total. The molecule has 3 aromatic rings. The van der Waals surface area contributed by atoms with Gasteiger partial charge in [0.15, 0.2) is 0 Å². The van der Waals surface area contributed by atoms with E-state index in [0.29, 0.717) is 26.3 Å². The first kappa shape index (κ1) is 17.6. The number of nitrogens with zero attached hydrogens (tertiary/aromatic N) is 3. The van der Waals surface area contributed by atoms with Crippen molar-refractivity contribution < 1.29 is 9.53 Å². The molecule has 5 rings (SSSR count). The molecule has 2 aromatic heterocycles. The molecule has 0 bridgehead atoms. The quantitative estimate of drug-likeness (QED) is 0.737. The summed E-state index contributed by atoms with van der Waals surface area (Å²) in [4.78, 5) is 24.4. The highest BCUT2D eigenvalue weighted by Crippen LogP contribution is 2.44. The van der Waals surface area contributed by atoms with Crippen molar-refractivity contribution in [1.82, 2.24) is 15.3 Å². The zero-order valence-electron chi connectivity index (χ0n) is 15.7. The van der Waals surface area contributed by atoms with Gasteiger partial charge in [-0.3, -0.25) is 9.78 Å². The summed E-state index contributed by atoms with van der Waals surface area (Å²) in [5.41, 5.74) is 5.32. The molecule has 0 unspecified atom stereocenters. The summed E-state index contributed by atoms with van der Waals surface area (Å²) in [6.45, 7) is 5.06. The Balaban J connectivity index is 1.43. The zero-order valence-corrected chi connectivity index (χ0v) is 16.5. The number of ether oxygens (including phenoxy) is 1. The maximum atomic E-state index is 13.2. The van der Waals surface area contributed by atoms with Gasteiger partial charge in [0.05, 0.1) is 41.9 Å². The molecule has 144 valence electrons. The van der Waals surface area contributed by atoms with Crippen molar-refractivity contribution in [1.29, 1.82) is 0 Å². The first-order valence-electron chi connectivity index (χ1n) is 9.50. The van der Waals surface area contributed by atoms with Gasteiger partial charge in [-0.05, 0) is 19.1 Å². The largest absolute Gasteiger partial charge is 0.380 e. The van der Waals surface area contributed by atoms with E-state index in [0.717, 1.165) is 34.5 Å². The number of hydrogen-bond donors (Lipinski definition) is 1. The Morgan fingerprint density at radius 1 is 1.43 bits per heavy atom. The summed E-state index contributed by atoms with van der Waals surface area (Å²) in [5.74, 6) is 0.260. The summed E-state index contributed by atoms with van der Waals surface area (Å²) >= 11 is 1.54. The van der Waals surface area contributed by atoms with Crippen LogP contribution >= 0.6 is 11.3 Å². The molecule has 7 heteroatoms. The normalized spacial score (nSPS) is 23.9. The minimum atomic E-state index is -0.506. The Hall–Kier alpha value is -2.51. The summed E-state index contributed by atoms with van der Waals surface area (Å²) in [6.07, 6.45) is 0. The van der Waals surface area contributed by atoms with Crippen molar-refractivity contribution in [3.63, 3.8) is 0 Å². The van der Waals surface area contributed by atoms with Crippen molar-refractivity contribution in [2.75, 3.05) is 31.2 Å². The second kappa shape index (κ2) is 6.83. The molecule has 2 fully saturated rings. The van der Waals surface area contributed by atoms with Gasteiger partial charge in [-0.25, -0.2) is 4.98 Å². The van der Waals surface area contributed by atoms with Gasteiger partial charge in [0.25, 0.3) is 0 Å². The van der Waals surface area contributed by atoms with Crippen LogP contribution in [-0.4, -0.2) is 42.2 Å². The number of amides is 1. The van der Waals surface area contributed by atoms with E-state index in [-0.39, 0.29) is 11.8 Å². The van der Waals surface area contributed by atoms with Gasteiger partial charge in [-0.1, -0.05) is 18.2 Å². The van der Waals surface area contributed by atoms with Gasteiger partial charge in [-0.15, -0.1) is 11.3 Å². The predicted molar refractivity (Wildman–Crippen MR) is 109 cm³/mol. The maximum absolute atomic E-state index is 13.2. The van der Waals surface area contributed by atoms with Crippen LogP contribution in [-0.2, 0) is 16.1 Å². The molecule has 4 heterocycles. The number of carbonyl (C=O) groups excluding carboxylic acids is 1. The second-order valence-electron chi connectivity index (χ2n) is 7.71. The van der Waals surface area contributed by atoms with Crippen molar-refractivity contribution in [2.45, 2.75) is 13.5 Å². The first-order chi connectivity index (χ1) is 13.7. The van der Waals surface area contributed by atoms with E-state index in [1.54, 1.807) is 16.8 Å². The lowest BCUT2D eigenvalue weighted by Gasteiger charge is -2.27. The fourth-order valence-corrected chi connectivity index (χ4v) is 5.02. The smallest absolute Gasteiger partial charge is 0.231 e. The molecule has 1 N–H and O–H groups in total. The lowest BCUT2D eigenvalue weighted by molar-refractivity contribution is -0.131. The van der Waals surface area contributed by atoms with Crippen LogP contribution in [0.1, 0.15) is 11.4 Å². The fourth-order valence-electron chi connectivity index (χ4n) is 4.46. The van der Waals surface area contributed by atoms with Crippen molar-refractivity contribution in [2.24, 2.45) is 11.3 Å². The van der Waals surface area contributed by atoms with E-state index in [1.807, 2.05) is 30.5 Å². The van der Waals surface area contributed by atoms with Crippen LogP contribution in [0.3, 0.4) is 0 Å². The van der Waals surface area contributed by atoms with E-state index < -0.39 is 5.41 Å². The van der Waals surface area contributed by atoms with Gasteiger partial charge >= 0.3 is 0 Å². The summed E-state index contributed by atoms with van der Waals surface area (Å²) in [6, 6.07) is 10.3. The third-order valence-corrected chi connectivity index (χ3v) is 6.54. The first-order valence-corrected chi connectivity index (χ1v) is 10.4. The highest BCUT2D eigenvalue weighted by Gasteiger charge is 2.56. The number of anilines is 1. The van der Waals surface area contributed by atoms with E-state index in [9.17, 15) is 4.79 Å². The third kappa shape index (κ3) is 2.86. The average Bonchev–Trinajstić information content (AvgIpc) is 3.41. The number of fused-ring (bicyclic) bond motifs is 2. The number of rotatable bonds is 4. The molecule has 1 amide bonds. The molecule has 2 atom stereocenters. The number of aryl methyl sites for hydroxylation is 1. The van der Waals surface area contributed by atoms with Gasteiger partial charge in [0.2, 0.25) is 5.91 Å². The lowest BCUT2D eigenvalue weighted by atomic mass is 9.80. The standard InChI is InChI=1S/C21H22N4O2S/c1-14-6-19(17-4-2-3-5-18(17)24-14)25-8-15-9-27-12-21(15,11-25)20(26)22-7-16-10-28-13-23-16/h2-6,10,13,15H,7-9,11-12H2,1H3,(H,22,26)/t15-,21-/m1/s1. The second-order valence-corrected chi connectivity index (χ2v) is 8.43. The fraction of sp³-hybridized carbons (Fsp3) is 0.381. The minimum absolute atomic E-state index is 0.0700. The van der Waals surface area contributed by atoms with Crippen molar-refractivity contribution >= 4 is 33.8 Å². The molecule has 2 saturated heterocycles. The van der Waals surface area contributed by atoms with Gasteiger partial charge in [0.1, 0.15) is 0 Å². The Bertz CT molecular complexity index is 1020. The van der Waals surface area contributed by atoms with Crippen LogP contribution in [0.5, 0.6) is 0 Å². The molecule has 2 aliphatic heterocycles. The van der Waals surface area contributed by atoms with Crippen LogP contribution in [0.4, 0.5) is 5.69 Å². The van der Waals surface area contributed by atoms with Crippen LogP contribution in [0.25, 0.3) is 10.9 Å². The summed E-state index contributed by atoms with van der Waals surface area (Å²) in [7, 11) is 0. The van der Waals surface area contributed by atoms with Crippen LogP contribution < -0.4 is 10.2 Å². The average molecular weight is 395 g/mol. The number of hydrogen-bond acceptors (Lipinski definition) is 6. The topological polar surface area (TPSA) is 67.3 Å². The number of aromatic nitrogens is 2. The molecule has 1 aromatic carbocycles. The van der Waals surface area contributed by atoms with E-state index >= 15 is 0 Å². The number of thiazole rings is 1. The minimum Gasteiger partial charge on any atom is -0.380 e. The van der Waals surface area contributed by atoms with Crippen molar-refractivity contribution in [3.05, 3.63) is 52.6 Å². The Morgan fingerprint density at radius 3 is 3.18 bits per heavy atom. The maximum Gasteiger partial charge on any atom is 0.231 e. The van der Waals surface area contributed by atoms with Crippen LogP contribution in [0.15, 0.2) is 41.2 Å². The number of pyridine rings is 1. The monoisotopic (exact) mass is 394 g/mol. The zero-order chi connectivity index (χ0) is 19.1. The lowest BCUT2D eigenvalue weighted by Crippen LogP contribution is -2.46. The number of carbonyl (C=O) groups is 1. The highest BCUT2D eigenvalue weighted by molar-refractivity contribution is 7.07. The molecular formula is C21H22N4O2S. The number of benzene rings is 1. The predicted octanol–water partition coefficient (Wildman–Crippen LogP) is 2.77. The van der Waals surface area contributed by atoms with Gasteiger partial charge < -0.3 is 15.0 Å². The van der Waals surface area contributed by atoms with Crippen molar-refractivity contribution in [3.8, 4) is 0 Å². The van der Waals surface area contributed by atoms with E-state index in [4.69, 9.17) is 4.74 Å². The molecule has 0 spiro atoms. The Labute approximate surface area is 167 Å². The van der Waals surface area contributed by atoms with Gasteiger partial charge in [-0.2, -0.15) is 0 Å². The van der Waals surface area contributed by atoms with Crippen LogP contribution in [0, 0.1) is 18.3 Å². The molecule has 0 saturated carbocycles. The van der Waals surface area contributed by atoms with Gasteiger partial charge in [0, 0.05) is 41.2 Å². The SMILES string of the molecule is Cc1cc(N2C[C@@H]3COC[C@]3(C(=O)NCc3cscn3)C2)c2ccccc2n1. The van der Waals surface area contributed by atoms with Crippen LogP contribution in [0.2, 0.25) is 0 Å². The summed E-state index contributed by atoms with van der Waals surface area (Å²) in [5, 5.41) is 6.19. The number of para-hydroxylation sites is 1. The molecule has 28 heavy (non-hydrogen) atoms. The molecule has 2 aliphatic rings. The Kier molecular flexibility index (Phi) is 4.29. The molecule has 0 radical (unpaired) electrons. The number of nitrogens with one attached hydrogen (secondary N) is 1. The van der Waals surface area contributed by atoms with E-state index in [1.165, 1.54) is 0 Å². The third-order valence-electron chi connectivity index (χ3n) is 5.90. The molecule has 0 aliphatic carbocycles.